The van der Waals surface area contributed by atoms with Crippen LogP contribution in [-0.2, 0) is 0 Å². The average Bonchev–Trinajstić information content (AvgIpc) is 2.46. The lowest BCUT2D eigenvalue weighted by atomic mass is 10.0. The Morgan fingerprint density at radius 3 is 2.28 bits per heavy atom. The molecule has 1 aromatic heterocycles. The largest absolute Gasteiger partial charge is 0.303 e. The molecule has 2 aromatic rings. The zero-order chi connectivity index (χ0) is 12.8. The van der Waals surface area contributed by atoms with Gasteiger partial charge in [0.2, 0.25) is 0 Å². The van der Waals surface area contributed by atoms with Gasteiger partial charge in [-0.1, -0.05) is 37.3 Å². The lowest BCUT2D eigenvalue weighted by Crippen LogP contribution is -2.24. The Morgan fingerprint density at radius 1 is 1.00 bits per heavy atom. The first-order valence-corrected chi connectivity index (χ1v) is 6.52. The molecular formula is C16H20N2. The fraction of sp³-hybridized carbons (Fsp3) is 0.312. The van der Waals surface area contributed by atoms with Crippen LogP contribution in [0.3, 0.4) is 0 Å². The number of rotatable bonds is 5. The van der Waals surface area contributed by atoms with Gasteiger partial charge in [0.25, 0.3) is 0 Å². The average molecular weight is 240 g/mol. The van der Waals surface area contributed by atoms with Crippen molar-refractivity contribution in [3.63, 3.8) is 0 Å². The number of pyridine rings is 1. The van der Waals surface area contributed by atoms with E-state index in [1.165, 1.54) is 11.1 Å². The second kappa shape index (κ2) is 6.31. The van der Waals surface area contributed by atoms with Gasteiger partial charge in [-0.25, -0.2) is 0 Å². The molecule has 1 aromatic carbocycles. The maximum Gasteiger partial charge on any atom is 0.0323 e. The van der Waals surface area contributed by atoms with Crippen LogP contribution in [0.4, 0.5) is 0 Å². The van der Waals surface area contributed by atoms with Crippen molar-refractivity contribution >= 4 is 0 Å². The van der Waals surface area contributed by atoms with E-state index in [4.69, 9.17) is 0 Å². The lowest BCUT2D eigenvalue weighted by molar-refractivity contribution is 0.456. The minimum absolute atomic E-state index is 0.332. The third-order valence-corrected chi connectivity index (χ3v) is 3.27. The first kappa shape index (κ1) is 12.8. The molecule has 0 aliphatic heterocycles. The van der Waals surface area contributed by atoms with E-state index < -0.39 is 0 Å². The standard InChI is InChI=1S/C16H20N2/c1-3-16(15-7-5-4-6-8-15)18-13(2)14-9-11-17-12-10-14/h4-13,16,18H,3H2,1-2H3/t13-,16?/m1/s1. The molecule has 0 amide bonds. The quantitative estimate of drug-likeness (QED) is 0.857. The fourth-order valence-electron chi connectivity index (χ4n) is 2.19. The number of hydrogen-bond donors (Lipinski definition) is 1. The number of benzene rings is 1. The SMILES string of the molecule is CCC(N[C@H](C)c1ccncc1)c1ccccc1. The molecule has 0 bridgehead atoms. The van der Waals surface area contributed by atoms with E-state index in [1.54, 1.807) is 0 Å². The molecule has 0 aliphatic carbocycles. The Hall–Kier alpha value is -1.67. The van der Waals surface area contributed by atoms with Crippen molar-refractivity contribution in [1.82, 2.24) is 10.3 Å². The van der Waals surface area contributed by atoms with Gasteiger partial charge in [0.05, 0.1) is 0 Å². The molecule has 0 fully saturated rings. The van der Waals surface area contributed by atoms with Crippen molar-refractivity contribution in [2.24, 2.45) is 0 Å². The summed E-state index contributed by atoms with van der Waals surface area (Å²) in [5, 5.41) is 3.67. The highest BCUT2D eigenvalue weighted by Gasteiger charge is 2.13. The maximum atomic E-state index is 4.06. The molecule has 0 aliphatic rings. The molecule has 2 rings (SSSR count). The first-order valence-electron chi connectivity index (χ1n) is 6.52. The van der Waals surface area contributed by atoms with Crippen LogP contribution < -0.4 is 5.32 Å². The Morgan fingerprint density at radius 2 is 1.67 bits per heavy atom. The molecule has 1 N–H and O–H groups in total. The van der Waals surface area contributed by atoms with Crippen LogP contribution in [0.5, 0.6) is 0 Å². The van der Waals surface area contributed by atoms with Gasteiger partial charge >= 0.3 is 0 Å². The summed E-state index contributed by atoms with van der Waals surface area (Å²) >= 11 is 0. The van der Waals surface area contributed by atoms with Crippen molar-refractivity contribution < 1.29 is 0 Å². The summed E-state index contributed by atoms with van der Waals surface area (Å²) < 4.78 is 0. The van der Waals surface area contributed by atoms with Crippen molar-refractivity contribution in [3.8, 4) is 0 Å². The van der Waals surface area contributed by atoms with Gasteiger partial charge in [-0.05, 0) is 36.6 Å². The topological polar surface area (TPSA) is 24.9 Å². The van der Waals surface area contributed by atoms with Crippen molar-refractivity contribution in [1.29, 1.82) is 0 Å². The number of nitrogens with zero attached hydrogens (tertiary/aromatic N) is 1. The monoisotopic (exact) mass is 240 g/mol. The molecule has 1 unspecified atom stereocenters. The molecule has 2 atom stereocenters. The van der Waals surface area contributed by atoms with Crippen LogP contribution in [0.15, 0.2) is 54.9 Å². The van der Waals surface area contributed by atoms with Crippen LogP contribution in [-0.4, -0.2) is 4.98 Å². The number of hydrogen-bond acceptors (Lipinski definition) is 2. The molecule has 94 valence electrons. The number of aromatic nitrogens is 1. The van der Waals surface area contributed by atoms with E-state index in [-0.39, 0.29) is 0 Å². The zero-order valence-corrected chi connectivity index (χ0v) is 11.0. The van der Waals surface area contributed by atoms with Crippen molar-refractivity contribution in [2.75, 3.05) is 0 Å². The molecular weight excluding hydrogens is 220 g/mol. The predicted octanol–water partition coefficient (Wildman–Crippen LogP) is 3.88. The molecule has 1 heterocycles. The van der Waals surface area contributed by atoms with Crippen LogP contribution in [0.25, 0.3) is 0 Å². The minimum Gasteiger partial charge on any atom is -0.303 e. The van der Waals surface area contributed by atoms with Crippen molar-refractivity contribution in [2.45, 2.75) is 32.4 Å². The normalized spacial score (nSPS) is 14.1. The highest BCUT2D eigenvalue weighted by Crippen LogP contribution is 2.21. The van der Waals surface area contributed by atoms with Gasteiger partial charge in [0.15, 0.2) is 0 Å². The van der Waals surface area contributed by atoms with E-state index in [1.807, 2.05) is 12.4 Å². The highest BCUT2D eigenvalue weighted by atomic mass is 14.9. The molecule has 0 saturated heterocycles. The van der Waals surface area contributed by atoms with E-state index in [9.17, 15) is 0 Å². The van der Waals surface area contributed by atoms with Gasteiger partial charge in [-0.2, -0.15) is 0 Å². The van der Waals surface area contributed by atoms with Gasteiger partial charge in [-0.15, -0.1) is 0 Å². The summed E-state index contributed by atoms with van der Waals surface area (Å²) in [6.07, 6.45) is 4.77. The molecule has 0 saturated carbocycles. The Labute approximate surface area is 109 Å². The van der Waals surface area contributed by atoms with Crippen LogP contribution in [0, 0.1) is 0 Å². The van der Waals surface area contributed by atoms with E-state index in [2.05, 4.69) is 66.6 Å². The summed E-state index contributed by atoms with van der Waals surface area (Å²) in [7, 11) is 0. The Balaban J connectivity index is 2.07. The molecule has 2 nitrogen and oxygen atoms in total. The summed E-state index contributed by atoms with van der Waals surface area (Å²) in [5.74, 6) is 0. The minimum atomic E-state index is 0.332. The summed E-state index contributed by atoms with van der Waals surface area (Å²) in [6.45, 7) is 4.41. The molecule has 18 heavy (non-hydrogen) atoms. The van der Waals surface area contributed by atoms with Gasteiger partial charge < -0.3 is 5.32 Å². The summed E-state index contributed by atoms with van der Waals surface area (Å²) in [4.78, 5) is 4.06. The fourth-order valence-corrected chi connectivity index (χ4v) is 2.19. The van der Waals surface area contributed by atoms with Crippen LogP contribution >= 0.6 is 0 Å². The van der Waals surface area contributed by atoms with E-state index >= 15 is 0 Å². The second-order valence-electron chi connectivity index (χ2n) is 4.54. The Kier molecular flexibility index (Phi) is 4.48. The number of nitrogens with one attached hydrogen (secondary N) is 1. The predicted molar refractivity (Wildman–Crippen MR) is 75.3 cm³/mol. The van der Waals surface area contributed by atoms with Gasteiger partial charge in [0.1, 0.15) is 0 Å². The highest BCUT2D eigenvalue weighted by molar-refractivity contribution is 5.20. The zero-order valence-electron chi connectivity index (χ0n) is 11.0. The summed E-state index contributed by atoms with van der Waals surface area (Å²) in [6, 6.07) is 15.5. The third-order valence-electron chi connectivity index (χ3n) is 3.27. The van der Waals surface area contributed by atoms with Crippen LogP contribution in [0.2, 0.25) is 0 Å². The first-order chi connectivity index (χ1) is 8.81. The third kappa shape index (κ3) is 3.17. The smallest absolute Gasteiger partial charge is 0.0323 e. The van der Waals surface area contributed by atoms with Gasteiger partial charge in [0, 0.05) is 24.5 Å². The van der Waals surface area contributed by atoms with Gasteiger partial charge in [-0.3, -0.25) is 4.98 Å². The maximum absolute atomic E-state index is 4.06. The van der Waals surface area contributed by atoms with E-state index in [0.717, 1.165) is 6.42 Å². The molecule has 0 spiro atoms. The second-order valence-corrected chi connectivity index (χ2v) is 4.54. The van der Waals surface area contributed by atoms with Crippen molar-refractivity contribution in [3.05, 3.63) is 66.0 Å². The Bertz CT molecular complexity index is 453. The lowest BCUT2D eigenvalue weighted by Gasteiger charge is -2.23. The van der Waals surface area contributed by atoms with Crippen LogP contribution in [0.1, 0.15) is 43.5 Å². The summed E-state index contributed by atoms with van der Waals surface area (Å²) in [5.41, 5.74) is 2.63. The van der Waals surface area contributed by atoms with E-state index in [0.29, 0.717) is 12.1 Å². The molecule has 0 radical (unpaired) electrons. The molecule has 2 heteroatoms.